The smallest absolute Gasteiger partial charge is 0.0870 e. The molecule has 14 heavy (non-hydrogen) atoms. The molecule has 0 spiro atoms. The molecule has 0 radical (unpaired) electrons. The van der Waals surface area contributed by atoms with E-state index < -0.39 is 6.10 Å². The first-order valence-corrected chi connectivity index (χ1v) is 4.96. The van der Waals surface area contributed by atoms with E-state index in [2.05, 4.69) is 11.6 Å². The molecule has 0 amide bonds. The van der Waals surface area contributed by atoms with Crippen molar-refractivity contribution in [3.63, 3.8) is 0 Å². The molecule has 0 aliphatic heterocycles. The molecule has 78 valence electrons. The fraction of sp³-hybridized carbons (Fsp3) is 0.364. The number of aliphatic hydroxyl groups excluding tert-OH is 1. The summed E-state index contributed by atoms with van der Waals surface area (Å²) in [6, 6.07) is 0. The number of hydrogen-bond acceptors (Lipinski definition) is 2. The maximum Gasteiger partial charge on any atom is 0.0870 e. The number of nitrogens with zero attached hydrogens (tertiary/aromatic N) is 1. The SMILES string of the molecule is C=C(C=NCC(O)CCl)/C=C\C=C/C. The van der Waals surface area contributed by atoms with Crippen molar-refractivity contribution < 1.29 is 5.11 Å². The lowest BCUT2D eigenvalue weighted by atomic mass is 10.3. The second kappa shape index (κ2) is 8.73. The number of aliphatic imine (C=N–C) groups is 1. The average Bonchev–Trinajstić information content (AvgIpc) is 2.18. The lowest BCUT2D eigenvalue weighted by molar-refractivity contribution is 0.207. The quantitative estimate of drug-likeness (QED) is 0.410. The second-order valence-corrected chi connectivity index (χ2v) is 3.07. The van der Waals surface area contributed by atoms with Crippen LogP contribution in [0, 0.1) is 0 Å². The summed E-state index contributed by atoms with van der Waals surface area (Å²) in [5, 5.41) is 9.08. The highest BCUT2D eigenvalue weighted by atomic mass is 35.5. The van der Waals surface area contributed by atoms with Gasteiger partial charge in [-0.15, -0.1) is 11.6 Å². The minimum absolute atomic E-state index is 0.207. The minimum Gasteiger partial charge on any atom is -0.390 e. The maximum absolute atomic E-state index is 9.08. The first-order valence-electron chi connectivity index (χ1n) is 4.42. The number of halogens is 1. The Morgan fingerprint density at radius 2 is 2.29 bits per heavy atom. The van der Waals surface area contributed by atoms with Gasteiger partial charge in [-0.25, -0.2) is 0 Å². The molecule has 2 nitrogen and oxygen atoms in total. The molecule has 3 heteroatoms. The van der Waals surface area contributed by atoms with Crippen molar-refractivity contribution in [2.24, 2.45) is 4.99 Å². The molecule has 1 unspecified atom stereocenters. The van der Waals surface area contributed by atoms with Crippen LogP contribution >= 0.6 is 11.6 Å². The summed E-state index contributed by atoms with van der Waals surface area (Å²) in [4.78, 5) is 3.99. The predicted molar refractivity (Wildman–Crippen MR) is 63.2 cm³/mol. The number of rotatable bonds is 6. The summed E-state index contributed by atoms with van der Waals surface area (Å²) in [6.07, 6.45) is 8.61. The van der Waals surface area contributed by atoms with Crippen molar-refractivity contribution >= 4 is 17.8 Å². The second-order valence-electron chi connectivity index (χ2n) is 2.76. The number of allylic oxidation sites excluding steroid dienone is 5. The molecule has 1 N–H and O–H groups in total. The monoisotopic (exact) mass is 213 g/mol. The lowest BCUT2D eigenvalue weighted by Gasteiger charge is -1.99. The summed E-state index contributed by atoms with van der Waals surface area (Å²) in [6.45, 7) is 6.03. The summed E-state index contributed by atoms with van der Waals surface area (Å²) < 4.78 is 0. The van der Waals surface area contributed by atoms with E-state index in [1.807, 2.05) is 31.2 Å². The third kappa shape index (κ3) is 7.77. The van der Waals surface area contributed by atoms with Crippen LogP contribution in [0.25, 0.3) is 0 Å². The molecule has 0 aromatic carbocycles. The molecule has 0 rings (SSSR count). The summed E-state index contributed by atoms with van der Waals surface area (Å²) >= 11 is 5.40. The van der Waals surface area contributed by atoms with Gasteiger partial charge in [-0.1, -0.05) is 30.9 Å². The molecule has 0 saturated carbocycles. The highest BCUT2D eigenvalue weighted by molar-refractivity contribution is 6.18. The van der Waals surface area contributed by atoms with Crippen LogP contribution < -0.4 is 0 Å². The Hall–Kier alpha value is -0.860. The van der Waals surface area contributed by atoms with Gasteiger partial charge in [0.25, 0.3) is 0 Å². The number of hydrogen-bond donors (Lipinski definition) is 1. The van der Waals surface area contributed by atoms with E-state index in [0.29, 0.717) is 6.54 Å². The largest absolute Gasteiger partial charge is 0.390 e. The van der Waals surface area contributed by atoms with Gasteiger partial charge in [0.05, 0.1) is 18.5 Å². The Morgan fingerprint density at radius 1 is 1.57 bits per heavy atom. The van der Waals surface area contributed by atoms with Gasteiger partial charge in [-0.3, -0.25) is 4.99 Å². The van der Waals surface area contributed by atoms with Gasteiger partial charge in [0, 0.05) is 6.21 Å². The molecule has 0 aromatic heterocycles. The van der Waals surface area contributed by atoms with E-state index in [1.54, 1.807) is 6.21 Å². The number of alkyl halides is 1. The lowest BCUT2D eigenvalue weighted by Crippen LogP contribution is -2.12. The molecule has 0 aliphatic rings. The Balaban J connectivity index is 3.82. The summed E-state index contributed by atoms with van der Waals surface area (Å²) in [5.41, 5.74) is 0.796. The zero-order valence-electron chi connectivity index (χ0n) is 8.36. The topological polar surface area (TPSA) is 32.6 Å². The Kier molecular flexibility index (Phi) is 8.19. The zero-order chi connectivity index (χ0) is 10.8. The normalized spacial score (nSPS) is 14.5. The van der Waals surface area contributed by atoms with Crippen molar-refractivity contribution in [1.29, 1.82) is 0 Å². The Labute approximate surface area is 90.3 Å². The van der Waals surface area contributed by atoms with Crippen molar-refractivity contribution in [3.05, 3.63) is 36.5 Å². The standard InChI is InChI=1S/C11H16ClNO/c1-3-4-5-6-10(2)8-13-9-11(14)7-12/h3-6,8,11,14H,2,7,9H2,1H3/b4-3-,6-5-,13-8?. The predicted octanol–water partition coefficient (Wildman–Crippen LogP) is 2.35. The molecule has 0 saturated heterocycles. The van der Waals surface area contributed by atoms with Crippen LogP contribution in [0.2, 0.25) is 0 Å². The van der Waals surface area contributed by atoms with Gasteiger partial charge in [-0.05, 0) is 12.5 Å². The Bertz CT molecular complexity index is 244. The van der Waals surface area contributed by atoms with E-state index in [4.69, 9.17) is 16.7 Å². The van der Waals surface area contributed by atoms with Crippen LogP contribution in [0.3, 0.4) is 0 Å². The average molecular weight is 214 g/mol. The Morgan fingerprint density at radius 3 is 2.86 bits per heavy atom. The van der Waals surface area contributed by atoms with E-state index in [0.717, 1.165) is 5.57 Å². The number of aliphatic hydroxyl groups is 1. The van der Waals surface area contributed by atoms with Crippen molar-refractivity contribution in [1.82, 2.24) is 0 Å². The van der Waals surface area contributed by atoms with Crippen LogP contribution in [0.15, 0.2) is 41.4 Å². The van der Waals surface area contributed by atoms with Crippen LogP contribution in [0.5, 0.6) is 0 Å². The van der Waals surface area contributed by atoms with Gasteiger partial charge in [-0.2, -0.15) is 0 Å². The van der Waals surface area contributed by atoms with Crippen LogP contribution in [-0.2, 0) is 0 Å². The van der Waals surface area contributed by atoms with Crippen molar-refractivity contribution in [3.8, 4) is 0 Å². The van der Waals surface area contributed by atoms with Gasteiger partial charge >= 0.3 is 0 Å². The first-order chi connectivity index (χ1) is 6.70. The van der Waals surface area contributed by atoms with Crippen LogP contribution in [0.4, 0.5) is 0 Å². The summed E-state index contributed by atoms with van der Waals surface area (Å²) in [7, 11) is 0. The molecule has 0 bridgehead atoms. The fourth-order valence-corrected chi connectivity index (χ4v) is 0.771. The third-order valence-corrected chi connectivity index (χ3v) is 1.72. The van der Waals surface area contributed by atoms with Crippen molar-refractivity contribution in [2.45, 2.75) is 13.0 Å². The van der Waals surface area contributed by atoms with E-state index in [9.17, 15) is 0 Å². The van der Waals surface area contributed by atoms with Gasteiger partial charge in [0.2, 0.25) is 0 Å². The molecule has 0 aromatic rings. The molecular formula is C11H16ClNO. The molecule has 0 heterocycles. The first kappa shape index (κ1) is 13.1. The molecular weight excluding hydrogens is 198 g/mol. The van der Waals surface area contributed by atoms with E-state index >= 15 is 0 Å². The highest BCUT2D eigenvalue weighted by Crippen LogP contribution is 1.92. The van der Waals surface area contributed by atoms with E-state index in [-0.39, 0.29) is 5.88 Å². The van der Waals surface area contributed by atoms with Gasteiger partial charge < -0.3 is 5.11 Å². The van der Waals surface area contributed by atoms with Crippen molar-refractivity contribution in [2.75, 3.05) is 12.4 Å². The molecule has 0 aliphatic carbocycles. The van der Waals surface area contributed by atoms with Crippen LogP contribution in [-0.4, -0.2) is 29.8 Å². The zero-order valence-corrected chi connectivity index (χ0v) is 9.11. The molecule has 0 fully saturated rings. The van der Waals surface area contributed by atoms with E-state index in [1.165, 1.54) is 0 Å². The maximum atomic E-state index is 9.08. The third-order valence-electron chi connectivity index (χ3n) is 1.37. The van der Waals surface area contributed by atoms with Gasteiger partial charge in [0.1, 0.15) is 0 Å². The summed E-state index contributed by atoms with van der Waals surface area (Å²) in [5.74, 6) is 0.207. The molecule has 1 atom stereocenters. The highest BCUT2D eigenvalue weighted by Gasteiger charge is 1.97. The van der Waals surface area contributed by atoms with Gasteiger partial charge in [0.15, 0.2) is 0 Å². The van der Waals surface area contributed by atoms with Crippen LogP contribution in [0.1, 0.15) is 6.92 Å². The fourth-order valence-electron chi connectivity index (χ4n) is 0.674. The minimum atomic E-state index is -0.569.